The summed E-state index contributed by atoms with van der Waals surface area (Å²) in [5, 5.41) is 8.32. The number of hydrogen-bond donors (Lipinski definition) is 3. The van der Waals surface area contributed by atoms with Crippen molar-refractivity contribution in [2.45, 2.75) is 33.6 Å². The number of rotatable bonds is 6. The zero-order chi connectivity index (χ0) is 22.8. The Morgan fingerprint density at radius 3 is 2.71 bits per heavy atom. The molecule has 6 heteroatoms. The van der Waals surface area contributed by atoms with E-state index in [4.69, 9.17) is 6.42 Å². The van der Waals surface area contributed by atoms with Gasteiger partial charge >= 0.3 is 0 Å². The number of allylic oxidation sites excluding steroid dienone is 4. The molecule has 0 saturated heterocycles. The highest BCUT2D eigenvalue weighted by Crippen LogP contribution is 2.47. The van der Waals surface area contributed by atoms with Gasteiger partial charge in [0.05, 0.1) is 12.0 Å². The Balaban J connectivity index is 1.72. The second-order valence-electron chi connectivity index (χ2n) is 8.51. The molecule has 1 aliphatic heterocycles. The second-order valence-corrected chi connectivity index (χ2v) is 8.51. The maximum atomic E-state index is 12.8. The van der Waals surface area contributed by atoms with Gasteiger partial charge in [-0.3, -0.25) is 14.4 Å². The van der Waals surface area contributed by atoms with Gasteiger partial charge in [0.25, 0.3) is 0 Å². The van der Waals surface area contributed by atoms with Crippen LogP contribution in [-0.2, 0) is 27.2 Å². The van der Waals surface area contributed by atoms with Crippen molar-refractivity contribution >= 4 is 23.4 Å². The Bertz CT molecular complexity index is 1070. The lowest BCUT2D eigenvalue weighted by Crippen LogP contribution is -2.40. The van der Waals surface area contributed by atoms with Crippen LogP contribution in [0.3, 0.4) is 0 Å². The van der Waals surface area contributed by atoms with Gasteiger partial charge in [0.15, 0.2) is 0 Å². The highest BCUT2D eigenvalue weighted by molar-refractivity contribution is 5.96. The lowest BCUT2D eigenvalue weighted by atomic mass is 9.78. The Morgan fingerprint density at radius 2 is 2.03 bits per heavy atom. The van der Waals surface area contributed by atoms with Crippen LogP contribution >= 0.6 is 0 Å². The highest BCUT2D eigenvalue weighted by atomic mass is 16.2. The summed E-state index contributed by atoms with van der Waals surface area (Å²) in [6.07, 6.45) is 12.0. The molecule has 3 N–H and O–H groups in total. The van der Waals surface area contributed by atoms with E-state index in [1.807, 2.05) is 37.3 Å². The van der Waals surface area contributed by atoms with Gasteiger partial charge in [-0.05, 0) is 62.4 Å². The molecular formula is C25H27N3O3. The van der Waals surface area contributed by atoms with Crippen LogP contribution in [-0.4, -0.2) is 24.3 Å². The quantitative estimate of drug-likeness (QED) is 0.491. The van der Waals surface area contributed by atoms with Crippen molar-refractivity contribution in [2.75, 3.05) is 11.9 Å². The van der Waals surface area contributed by atoms with Crippen LogP contribution in [0, 0.1) is 23.2 Å². The number of benzene rings is 1. The summed E-state index contributed by atoms with van der Waals surface area (Å²) in [5.74, 6) is 1.67. The third-order valence-corrected chi connectivity index (χ3v) is 5.87. The molecule has 1 aliphatic carbocycles. The molecule has 31 heavy (non-hydrogen) atoms. The Kier molecular flexibility index (Phi) is 5.90. The van der Waals surface area contributed by atoms with Crippen LogP contribution in [0.5, 0.6) is 0 Å². The normalized spacial score (nSPS) is 19.9. The molecule has 0 fully saturated rings. The molecule has 0 radical (unpaired) electrons. The summed E-state index contributed by atoms with van der Waals surface area (Å²) in [6, 6.07) is 5.64. The fourth-order valence-electron chi connectivity index (χ4n) is 4.04. The number of nitrogens with one attached hydrogen (secondary N) is 3. The first-order valence-electron chi connectivity index (χ1n) is 10.1. The molecule has 0 saturated carbocycles. The van der Waals surface area contributed by atoms with Crippen LogP contribution in [0.15, 0.2) is 54.3 Å². The van der Waals surface area contributed by atoms with Crippen molar-refractivity contribution in [3.8, 4) is 12.3 Å². The molecule has 3 amide bonds. The molecule has 2 aliphatic rings. The lowest BCUT2D eigenvalue weighted by Gasteiger charge is -2.22. The molecule has 0 bridgehead atoms. The standard InChI is InChI=1S/C25H27N3O3/c1-6-8-9-20-16(3)27-23(31)25(20)13-17-10-11-19(12-18(17)14-25)28-21(29)15-26-22(30)24(4,5)7-2/h2,6,8-12H,1,13-15H2,3-5H3,(H,26,30)(H,27,31)(H,28,29)/b9-8-/t25-/m1/s1. The van der Waals surface area contributed by atoms with Crippen molar-refractivity contribution in [3.05, 3.63) is 65.4 Å². The fourth-order valence-corrected chi connectivity index (χ4v) is 4.04. The van der Waals surface area contributed by atoms with E-state index in [0.29, 0.717) is 18.5 Å². The number of terminal acetylenes is 1. The van der Waals surface area contributed by atoms with Crippen molar-refractivity contribution < 1.29 is 14.4 Å². The van der Waals surface area contributed by atoms with Crippen LogP contribution in [0.2, 0.25) is 0 Å². The Hall–Kier alpha value is -3.59. The topological polar surface area (TPSA) is 87.3 Å². The van der Waals surface area contributed by atoms with Gasteiger partial charge in [-0.15, -0.1) is 6.42 Å². The van der Waals surface area contributed by atoms with E-state index in [1.54, 1.807) is 19.9 Å². The highest BCUT2D eigenvalue weighted by Gasteiger charge is 2.50. The van der Waals surface area contributed by atoms with Gasteiger partial charge in [0.2, 0.25) is 17.7 Å². The van der Waals surface area contributed by atoms with Gasteiger partial charge in [-0.2, -0.15) is 0 Å². The molecule has 1 spiro atoms. The maximum absolute atomic E-state index is 12.8. The molecule has 1 heterocycles. The summed E-state index contributed by atoms with van der Waals surface area (Å²) >= 11 is 0. The van der Waals surface area contributed by atoms with Gasteiger partial charge < -0.3 is 16.0 Å². The van der Waals surface area contributed by atoms with E-state index < -0.39 is 10.8 Å². The SMILES string of the molecule is C#CC(C)(C)C(=O)NCC(=O)Nc1ccc2c(c1)C[C@@]1(C2)C(=O)NC(C)=C1/C=C\C=C. The average molecular weight is 418 g/mol. The van der Waals surface area contributed by atoms with Crippen LogP contribution in [0.1, 0.15) is 31.9 Å². The van der Waals surface area contributed by atoms with Crippen LogP contribution < -0.4 is 16.0 Å². The molecule has 0 aromatic heterocycles. The number of anilines is 1. The van der Waals surface area contributed by atoms with E-state index in [9.17, 15) is 14.4 Å². The van der Waals surface area contributed by atoms with Crippen LogP contribution in [0.25, 0.3) is 0 Å². The molecular weight excluding hydrogens is 390 g/mol. The first-order valence-corrected chi connectivity index (χ1v) is 10.1. The van der Waals surface area contributed by atoms with Gasteiger partial charge in [0, 0.05) is 11.4 Å². The van der Waals surface area contributed by atoms with Crippen molar-refractivity contribution in [1.82, 2.24) is 10.6 Å². The third kappa shape index (κ3) is 4.17. The number of fused-ring (bicyclic) bond motifs is 1. The number of carbonyl (C=O) groups is 3. The zero-order valence-electron chi connectivity index (χ0n) is 18.1. The number of hydrogen-bond acceptors (Lipinski definition) is 3. The summed E-state index contributed by atoms with van der Waals surface area (Å²) in [6.45, 7) is 8.67. The average Bonchev–Trinajstić information content (AvgIpc) is 3.21. The summed E-state index contributed by atoms with van der Waals surface area (Å²) in [7, 11) is 0. The maximum Gasteiger partial charge on any atom is 0.243 e. The molecule has 1 aromatic carbocycles. The van der Waals surface area contributed by atoms with Crippen molar-refractivity contribution in [3.63, 3.8) is 0 Å². The molecule has 1 aromatic rings. The van der Waals surface area contributed by atoms with Gasteiger partial charge in [-0.1, -0.05) is 36.8 Å². The summed E-state index contributed by atoms with van der Waals surface area (Å²) in [5.41, 5.74) is 2.93. The predicted octanol–water partition coefficient (Wildman–Crippen LogP) is 2.63. The summed E-state index contributed by atoms with van der Waals surface area (Å²) < 4.78 is 0. The largest absolute Gasteiger partial charge is 0.346 e. The number of amides is 3. The third-order valence-electron chi connectivity index (χ3n) is 5.87. The van der Waals surface area contributed by atoms with Crippen molar-refractivity contribution in [2.24, 2.45) is 10.8 Å². The van der Waals surface area contributed by atoms with E-state index in [2.05, 4.69) is 28.4 Å². The predicted molar refractivity (Wildman–Crippen MR) is 121 cm³/mol. The Labute approximate surface area is 182 Å². The van der Waals surface area contributed by atoms with Crippen molar-refractivity contribution in [1.29, 1.82) is 0 Å². The first kappa shape index (κ1) is 22.1. The molecule has 0 unspecified atom stereocenters. The molecule has 6 nitrogen and oxygen atoms in total. The fraction of sp³-hybridized carbons (Fsp3) is 0.320. The minimum absolute atomic E-state index is 0.00524. The van der Waals surface area contributed by atoms with Gasteiger partial charge in [0.1, 0.15) is 5.41 Å². The molecule has 1 atom stereocenters. The molecule has 3 rings (SSSR count). The van der Waals surface area contributed by atoms with E-state index in [0.717, 1.165) is 22.4 Å². The molecule has 160 valence electrons. The second kappa shape index (κ2) is 8.27. The Morgan fingerprint density at radius 1 is 1.32 bits per heavy atom. The number of carbonyl (C=O) groups excluding carboxylic acids is 3. The minimum Gasteiger partial charge on any atom is -0.346 e. The first-order chi connectivity index (χ1) is 14.6. The van der Waals surface area contributed by atoms with E-state index in [1.165, 1.54) is 0 Å². The van der Waals surface area contributed by atoms with E-state index >= 15 is 0 Å². The monoisotopic (exact) mass is 417 g/mol. The van der Waals surface area contributed by atoms with Crippen LogP contribution in [0.4, 0.5) is 5.69 Å². The zero-order valence-corrected chi connectivity index (χ0v) is 18.1. The lowest BCUT2D eigenvalue weighted by molar-refractivity contribution is -0.128. The smallest absolute Gasteiger partial charge is 0.243 e. The van der Waals surface area contributed by atoms with E-state index in [-0.39, 0.29) is 24.3 Å². The summed E-state index contributed by atoms with van der Waals surface area (Å²) in [4.78, 5) is 37.1. The van der Waals surface area contributed by atoms with Gasteiger partial charge in [-0.25, -0.2) is 0 Å². The minimum atomic E-state index is -0.979.